The Kier molecular flexibility index (Phi) is 6.72. The van der Waals surface area contributed by atoms with Gasteiger partial charge in [0.1, 0.15) is 0 Å². The van der Waals surface area contributed by atoms with Gasteiger partial charge in [0, 0.05) is 17.6 Å². The van der Waals surface area contributed by atoms with Crippen molar-refractivity contribution in [2.45, 2.75) is 33.6 Å². The summed E-state index contributed by atoms with van der Waals surface area (Å²) in [6, 6.07) is 6.59. The van der Waals surface area contributed by atoms with Crippen LogP contribution < -0.4 is 10.6 Å². The first-order chi connectivity index (χ1) is 8.62. The van der Waals surface area contributed by atoms with E-state index in [1.807, 2.05) is 0 Å². The lowest BCUT2D eigenvalue weighted by Gasteiger charge is -2.27. The first-order valence-electron chi connectivity index (χ1n) is 6.85. The molecule has 18 heavy (non-hydrogen) atoms. The van der Waals surface area contributed by atoms with Crippen molar-refractivity contribution in [2.75, 3.05) is 24.5 Å². The third kappa shape index (κ3) is 4.29. The van der Waals surface area contributed by atoms with Gasteiger partial charge in [0.15, 0.2) is 0 Å². The van der Waals surface area contributed by atoms with Gasteiger partial charge in [-0.25, -0.2) is 0 Å². The average Bonchev–Trinajstić information content (AvgIpc) is 2.37. The summed E-state index contributed by atoms with van der Waals surface area (Å²) in [5.74, 6) is 0.723. The van der Waals surface area contributed by atoms with Gasteiger partial charge in [-0.05, 0) is 59.4 Å². The smallest absolute Gasteiger partial charge is 0.0510 e. The second-order valence-electron chi connectivity index (χ2n) is 4.88. The molecule has 0 saturated carbocycles. The van der Waals surface area contributed by atoms with Crippen molar-refractivity contribution >= 4 is 21.6 Å². The summed E-state index contributed by atoms with van der Waals surface area (Å²) in [7, 11) is 0. The van der Waals surface area contributed by atoms with Crippen LogP contribution in [0.15, 0.2) is 22.7 Å². The zero-order valence-electron chi connectivity index (χ0n) is 11.7. The molecule has 102 valence electrons. The van der Waals surface area contributed by atoms with Gasteiger partial charge in [-0.1, -0.05) is 26.3 Å². The number of hydrogen-bond donors (Lipinski definition) is 1. The molecule has 0 heterocycles. The summed E-state index contributed by atoms with van der Waals surface area (Å²) in [6.45, 7) is 9.62. The molecule has 1 aromatic carbocycles. The normalized spacial score (nSPS) is 12.5. The number of anilines is 1. The van der Waals surface area contributed by atoms with Crippen LogP contribution in [0.25, 0.3) is 0 Å². The van der Waals surface area contributed by atoms with Crippen LogP contribution in [0.1, 0.15) is 32.8 Å². The summed E-state index contributed by atoms with van der Waals surface area (Å²) in [6.07, 6.45) is 2.16. The molecule has 0 amide bonds. The zero-order chi connectivity index (χ0) is 13.5. The third-order valence-corrected chi connectivity index (χ3v) is 4.03. The molecule has 0 aromatic heterocycles. The molecular formula is C15H25BrN2. The van der Waals surface area contributed by atoms with Gasteiger partial charge in [0.25, 0.3) is 0 Å². The van der Waals surface area contributed by atoms with E-state index in [-0.39, 0.29) is 0 Å². The largest absolute Gasteiger partial charge is 0.371 e. The summed E-state index contributed by atoms with van der Waals surface area (Å²) in [5.41, 5.74) is 8.18. The Morgan fingerprint density at radius 2 is 2.06 bits per heavy atom. The van der Waals surface area contributed by atoms with E-state index in [4.69, 9.17) is 5.73 Å². The van der Waals surface area contributed by atoms with Gasteiger partial charge in [0.2, 0.25) is 0 Å². The van der Waals surface area contributed by atoms with E-state index in [0.29, 0.717) is 6.54 Å². The van der Waals surface area contributed by atoms with E-state index in [1.165, 1.54) is 22.1 Å². The Morgan fingerprint density at radius 1 is 1.33 bits per heavy atom. The first kappa shape index (κ1) is 15.5. The molecule has 0 radical (unpaired) electrons. The molecule has 0 aliphatic carbocycles. The Balaban J connectivity index is 2.85. The van der Waals surface area contributed by atoms with Gasteiger partial charge in [-0.3, -0.25) is 0 Å². The van der Waals surface area contributed by atoms with Crippen molar-refractivity contribution in [3.05, 3.63) is 28.2 Å². The highest BCUT2D eigenvalue weighted by Crippen LogP contribution is 2.28. The predicted molar refractivity (Wildman–Crippen MR) is 84.2 cm³/mol. The average molecular weight is 313 g/mol. The van der Waals surface area contributed by atoms with E-state index in [1.54, 1.807) is 0 Å². The van der Waals surface area contributed by atoms with Crippen molar-refractivity contribution in [1.29, 1.82) is 0 Å². The molecule has 0 saturated heterocycles. The second kappa shape index (κ2) is 7.80. The molecule has 3 heteroatoms. The number of halogens is 1. The van der Waals surface area contributed by atoms with Gasteiger partial charge in [0.05, 0.1) is 5.69 Å². The lowest BCUT2D eigenvalue weighted by Crippen LogP contribution is -2.28. The third-order valence-electron chi connectivity index (χ3n) is 3.40. The highest BCUT2D eigenvalue weighted by molar-refractivity contribution is 9.10. The van der Waals surface area contributed by atoms with Crippen molar-refractivity contribution in [2.24, 2.45) is 11.7 Å². The molecule has 1 rings (SSSR count). The summed E-state index contributed by atoms with van der Waals surface area (Å²) in [4.78, 5) is 2.43. The van der Waals surface area contributed by atoms with E-state index >= 15 is 0 Å². The zero-order valence-corrected chi connectivity index (χ0v) is 13.3. The SMILES string of the molecule is CCC(C)CN(CC)c1ccc(CCN)cc1Br. The maximum atomic E-state index is 5.59. The molecule has 1 aromatic rings. The van der Waals surface area contributed by atoms with Crippen molar-refractivity contribution in [3.63, 3.8) is 0 Å². The van der Waals surface area contributed by atoms with Gasteiger partial charge < -0.3 is 10.6 Å². The van der Waals surface area contributed by atoms with Gasteiger partial charge in [-0.15, -0.1) is 0 Å². The fraction of sp³-hybridized carbons (Fsp3) is 0.600. The maximum Gasteiger partial charge on any atom is 0.0510 e. The Bertz CT molecular complexity index is 366. The molecule has 0 aliphatic rings. The number of nitrogens with zero attached hydrogens (tertiary/aromatic N) is 1. The second-order valence-corrected chi connectivity index (χ2v) is 5.73. The molecule has 0 fully saturated rings. The first-order valence-corrected chi connectivity index (χ1v) is 7.65. The topological polar surface area (TPSA) is 29.3 Å². The van der Waals surface area contributed by atoms with Crippen LogP contribution in [0, 0.1) is 5.92 Å². The van der Waals surface area contributed by atoms with Crippen LogP contribution in [0.2, 0.25) is 0 Å². The molecule has 1 unspecified atom stereocenters. The fourth-order valence-corrected chi connectivity index (χ4v) is 2.71. The highest BCUT2D eigenvalue weighted by Gasteiger charge is 2.11. The van der Waals surface area contributed by atoms with E-state index < -0.39 is 0 Å². The number of nitrogens with two attached hydrogens (primary N) is 1. The minimum absolute atomic E-state index is 0.705. The van der Waals surface area contributed by atoms with Crippen LogP contribution in [0.3, 0.4) is 0 Å². The van der Waals surface area contributed by atoms with Crippen LogP contribution in [0.4, 0.5) is 5.69 Å². The number of hydrogen-bond acceptors (Lipinski definition) is 2. The molecule has 1 atom stereocenters. The van der Waals surface area contributed by atoms with Crippen LogP contribution in [0.5, 0.6) is 0 Å². The van der Waals surface area contributed by atoms with E-state index in [0.717, 1.165) is 25.4 Å². The quantitative estimate of drug-likeness (QED) is 0.829. The minimum atomic E-state index is 0.705. The van der Waals surface area contributed by atoms with Crippen LogP contribution >= 0.6 is 15.9 Å². The maximum absolute atomic E-state index is 5.59. The number of benzene rings is 1. The summed E-state index contributed by atoms with van der Waals surface area (Å²) >= 11 is 3.69. The molecule has 0 bridgehead atoms. The summed E-state index contributed by atoms with van der Waals surface area (Å²) in [5, 5.41) is 0. The Morgan fingerprint density at radius 3 is 2.56 bits per heavy atom. The number of rotatable bonds is 7. The predicted octanol–water partition coefficient (Wildman–Crippen LogP) is 3.82. The molecular weight excluding hydrogens is 288 g/mol. The fourth-order valence-electron chi connectivity index (χ4n) is 2.03. The van der Waals surface area contributed by atoms with Gasteiger partial charge >= 0.3 is 0 Å². The lowest BCUT2D eigenvalue weighted by atomic mass is 10.1. The molecule has 0 aliphatic heterocycles. The van der Waals surface area contributed by atoms with Crippen LogP contribution in [-0.4, -0.2) is 19.6 Å². The van der Waals surface area contributed by atoms with Crippen LogP contribution in [-0.2, 0) is 6.42 Å². The lowest BCUT2D eigenvalue weighted by molar-refractivity contribution is 0.547. The Hall–Kier alpha value is -0.540. The van der Waals surface area contributed by atoms with Crippen molar-refractivity contribution in [3.8, 4) is 0 Å². The van der Waals surface area contributed by atoms with Gasteiger partial charge in [-0.2, -0.15) is 0 Å². The standard InChI is InChI=1S/C15H25BrN2/c1-4-12(3)11-18(5-2)15-7-6-13(8-9-17)10-14(15)16/h6-7,10,12H,4-5,8-9,11,17H2,1-3H3. The molecule has 2 nitrogen and oxygen atoms in total. The summed E-state index contributed by atoms with van der Waals surface area (Å²) < 4.78 is 1.18. The molecule has 2 N–H and O–H groups in total. The Labute approximate surface area is 120 Å². The highest BCUT2D eigenvalue weighted by atomic mass is 79.9. The van der Waals surface area contributed by atoms with E-state index in [9.17, 15) is 0 Å². The monoisotopic (exact) mass is 312 g/mol. The van der Waals surface area contributed by atoms with Crippen molar-refractivity contribution in [1.82, 2.24) is 0 Å². The van der Waals surface area contributed by atoms with Crippen molar-refractivity contribution < 1.29 is 0 Å². The molecule has 0 spiro atoms. The van der Waals surface area contributed by atoms with E-state index in [2.05, 4.69) is 59.8 Å². The minimum Gasteiger partial charge on any atom is -0.371 e.